The highest BCUT2D eigenvalue weighted by Crippen LogP contribution is 2.53. The van der Waals surface area contributed by atoms with Crippen molar-refractivity contribution in [1.29, 1.82) is 0 Å². The number of aliphatic hydroxyl groups excluding tert-OH is 2. The number of fused-ring (bicyclic) bond motifs is 3. The molecule has 1 fully saturated rings. The quantitative estimate of drug-likeness (QED) is 0.196. The summed E-state index contributed by atoms with van der Waals surface area (Å²) >= 11 is 1.80. The van der Waals surface area contributed by atoms with E-state index in [1.165, 1.54) is 32.0 Å². The number of likely N-dealkylation sites (N-methyl/N-ethyl adjacent to an activating group) is 1. The number of phenolic OH excluding ortho intramolecular Hbond substituents is 1. The number of amides is 1. The van der Waals surface area contributed by atoms with E-state index in [4.69, 9.17) is 5.73 Å². The average molecular weight is 582 g/mol. The van der Waals surface area contributed by atoms with Gasteiger partial charge in [-0.2, -0.15) is 0 Å². The van der Waals surface area contributed by atoms with Crippen molar-refractivity contribution in [3.63, 3.8) is 0 Å². The smallest absolute Gasteiger partial charge is 0.255 e. The van der Waals surface area contributed by atoms with Crippen molar-refractivity contribution in [2.24, 2.45) is 17.6 Å². The molecule has 0 heterocycles. The highest BCUT2D eigenvalue weighted by Gasteiger charge is 2.64. The van der Waals surface area contributed by atoms with E-state index in [0.717, 1.165) is 0 Å². The van der Waals surface area contributed by atoms with Crippen molar-refractivity contribution < 1.29 is 39.6 Å². The predicted octanol–water partition coefficient (Wildman–Crippen LogP) is 0.771. The van der Waals surface area contributed by atoms with Crippen molar-refractivity contribution >= 4 is 51.6 Å². The molecule has 6 N–H and O–H groups in total. The minimum atomic E-state index is -2.69. The number of phenols is 1. The fraction of sp³-hybridized carbons (Fsp3) is 0.391. The third-order valence-electron chi connectivity index (χ3n) is 7.05. The zero-order valence-corrected chi connectivity index (χ0v) is 20.7. The van der Waals surface area contributed by atoms with Crippen molar-refractivity contribution in [2.45, 2.75) is 31.4 Å². The van der Waals surface area contributed by atoms with Crippen LogP contribution in [0.5, 0.6) is 5.75 Å². The zero-order valence-electron chi connectivity index (χ0n) is 18.5. The number of carbonyl (C=O) groups excluding carboxylic acids is 4. The van der Waals surface area contributed by atoms with E-state index in [1.807, 2.05) is 0 Å². The number of aromatic hydroxyl groups is 1. The fourth-order valence-electron chi connectivity index (χ4n) is 5.59. The first-order valence-corrected chi connectivity index (χ1v) is 11.5. The van der Waals surface area contributed by atoms with Crippen LogP contribution >= 0.6 is 22.6 Å². The first kappa shape index (κ1) is 24.4. The van der Waals surface area contributed by atoms with E-state index in [9.17, 15) is 39.6 Å². The van der Waals surface area contributed by atoms with Gasteiger partial charge < -0.3 is 26.2 Å². The standard InChI is InChI=1S/C23H23IN2O8/c1-7(27)9-6-12(24)17(28)14-10(9)4-8-5-11-16(26(2)3)19(30)15(22(25)33)21(32)23(11,34)20(31)13(8)18(14)29/h6,8,11,16,28-29,32,34H,4-5H2,1-3H3,(H2,25,33)/t8-,11+,16-,23+/m1/s1. The number of primary amides is 1. The van der Waals surface area contributed by atoms with E-state index < -0.39 is 58.0 Å². The van der Waals surface area contributed by atoms with Gasteiger partial charge in [0.2, 0.25) is 5.78 Å². The molecule has 11 heteroatoms. The molecule has 0 aromatic heterocycles. The van der Waals surface area contributed by atoms with E-state index in [2.05, 4.69) is 0 Å². The van der Waals surface area contributed by atoms with Crippen molar-refractivity contribution in [2.75, 3.05) is 14.1 Å². The molecule has 4 atom stereocenters. The Morgan fingerprint density at radius 2 is 1.82 bits per heavy atom. The Morgan fingerprint density at radius 3 is 2.35 bits per heavy atom. The molecule has 34 heavy (non-hydrogen) atoms. The number of rotatable bonds is 3. The maximum absolute atomic E-state index is 13.7. The number of hydrogen-bond acceptors (Lipinski definition) is 9. The van der Waals surface area contributed by atoms with Crippen LogP contribution in [0, 0.1) is 15.4 Å². The first-order valence-electron chi connectivity index (χ1n) is 10.4. The van der Waals surface area contributed by atoms with E-state index in [1.54, 1.807) is 22.6 Å². The van der Waals surface area contributed by atoms with Crippen LogP contribution < -0.4 is 5.73 Å². The number of nitrogens with zero attached hydrogens (tertiary/aromatic N) is 1. The summed E-state index contributed by atoms with van der Waals surface area (Å²) in [4.78, 5) is 52.5. The number of hydrogen-bond donors (Lipinski definition) is 5. The summed E-state index contributed by atoms with van der Waals surface area (Å²) in [6.45, 7) is 1.35. The molecular formula is C23H23IN2O8. The summed E-state index contributed by atoms with van der Waals surface area (Å²) in [6.07, 6.45) is 0.0454. The van der Waals surface area contributed by atoms with Crippen LogP contribution in [0.15, 0.2) is 23.0 Å². The number of benzene rings is 1. The van der Waals surface area contributed by atoms with Gasteiger partial charge in [0.1, 0.15) is 22.8 Å². The Balaban J connectivity index is 2.02. The number of carbonyl (C=O) groups is 4. The molecule has 1 aromatic carbocycles. The molecule has 4 rings (SSSR count). The molecule has 0 saturated heterocycles. The second kappa shape index (κ2) is 7.89. The van der Waals surface area contributed by atoms with Crippen LogP contribution in [0.3, 0.4) is 0 Å². The highest BCUT2D eigenvalue weighted by atomic mass is 127. The molecule has 0 spiro atoms. The second-order valence-corrected chi connectivity index (χ2v) is 10.3. The molecule has 1 amide bonds. The normalized spacial score (nSPS) is 28.6. The molecule has 1 aromatic rings. The van der Waals surface area contributed by atoms with Gasteiger partial charge in [-0.05, 0) is 74.0 Å². The van der Waals surface area contributed by atoms with Gasteiger partial charge in [-0.1, -0.05) is 0 Å². The lowest BCUT2D eigenvalue weighted by molar-refractivity contribution is -0.153. The van der Waals surface area contributed by atoms with Crippen molar-refractivity contribution in [3.05, 3.63) is 43.2 Å². The van der Waals surface area contributed by atoms with Crippen LogP contribution in [-0.4, -0.2) is 74.3 Å². The molecule has 1 saturated carbocycles. The summed E-state index contributed by atoms with van der Waals surface area (Å²) in [5, 5.41) is 44.1. The number of halogens is 1. The molecule has 0 bridgehead atoms. The first-order chi connectivity index (χ1) is 15.7. The van der Waals surface area contributed by atoms with Gasteiger partial charge in [0.15, 0.2) is 17.2 Å². The molecular weight excluding hydrogens is 559 g/mol. The Labute approximate surface area is 207 Å². The third kappa shape index (κ3) is 3.06. The van der Waals surface area contributed by atoms with Gasteiger partial charge in [0.05, 0.1) is 15.2 Å². The largest absolute Gasteiger partial charge is 0.508 e. The predicted molar refractivity (Wildman–Crippen MR) is 127 cm³/mol. The summed E-state index contributed by atoms with van der Waals surface area (Å²) in [5.74, 6) is -7.46. The van der Waals surface area contributed by atoms with E-state index in [0.29, 0.717) is 5.56 Å². The van der Waals surface area contributed by atoms with Gasteiger partial charge in [-0.3, -0.25) is 24.1 Å². The molecule has 10 nitrogen and oxygen atoms in total. The number of aliphatic hydroxyl groups is 3. The van der Waals surface area contributed by atoms with Crippen LogP contribution in [0.1, 0.15) is 34.8 Å². The minimum Gasteiger partial charge on any atom is -0.508 e. The van der Waals surface area contributed by atoms with E-state index >= 15 is 0 Å². The summed E-state index contributed by atoms with van der Waals surface area (Å²) in [6, 6.07) is 0.339. The molecule has 3 aliphatic rings. The van der Waals surface area contributed by atoms with Crippen LogP contribution in [-0.2, 0) is 20.8 Å². The zero-order chi connectivity index (χ0) is 25.4. The Kier molecular flexibility index (Phi) is 5.65. The maximum atomic E-state index is 13.7. The summed E-state index contributed by atoms with van der Waals surface area (Å²) in [7, 11) is 3.06. The maximum Gasteiger partial charge on any atom is 0.255 e. The van der Waals surface area contributed by atoms with Gasteiger partial charge in [-0.15, -0.1) is 0 Å². The number of Topliss-reactive ketones (excluding diaryl/α,β-unsaturated/α-hetero) is 3. The summed E-state index contributed by atoms with van der Waals surface area (Å²) < 4.78 is 0.279. The monoisotopic (exact) mass is 582 g/mol. The lowest BCUT2D eigenvalue weighted by Crippen LogP contribution is -2.65. The average Bonchev–Trinajstić information content (AvgIpc) is 2.72. The van der Waals surface area contributed by atoms with Crippen LogP contribution in [0.2, 0.25) is 0 Å². The summed E-state index contributed by atoms with van der Waals surface area (Å²) in [5.41, 5.74) is 2.04. The molecule has 0 unspecified atom stereocenters. The molecule has 180 valence electrons. The lowest BCUT2D eigenvalue weighted by atomic mass is 9.57. The SMILES string of the molecule is CC(=O)c1cc(I)c(O)c2c1C[C@@H]1C[C@H]3[C@@H](N(C)C)C(=O)C(C(N)=O)=C(O)[C@@]3(O)C(=O)C1=C2O. The number of nitrogens with two attached hydrogens (primary N) is 1. The van der Waals surface area contributed by atoms with Crippen LogP contribution in [0.25, 0.3) is 5.76 Å². The Bertz CT molecular complexity index is 1260. The van der Waals surface area contributed by atoms with Crippen molar-refractivity contribution in [3.8, 4) is 5.75 Å². The third-order valence-corrected chi connectivity index (χ3v) is 7.88. The molecule has 3 aliphatic carbocycles. The Morgan fingerprint density at radius 1 is 1.21 bits per heavy atom. The highest BCUT2D eigenvalue weighted by molar-refractivity contribution is 14.1. The van der Waals surface area contributed by atoms with E-state index in [-0.39, 0.29) is 44.6 Å². The molecule has 0 radical (unpaired) electrons. The minimum absolute atomic E-state index is 0.0319. The second-order valence-electron chi connectivity index (χ2n) is 9.13. The van der Waals surface area contributed by atoms with Gasteiger partial charge in [0.25, 0.3) is 5.91 Å². The fourth-order valence-corrected chi connectivity index (χ4v) is 6.17. The van der Waals surface area contributed by atoms with Crippen LogP contribution in [0.4, 0.5) is 0 Å². The van der Waals surface area contributed by atoms with Crippen molar-refractivity contribution in [1.82, 2.24) is 4.90 Å². The topological polar surface area (TPSA) is 178 Å². The Hall–Kier alpha value is -2.77. The lowest BCUT2D eigenvalue weighted by Gasteiger charge is -2.50. The van der Waals surface area contributed by atoms with Gasteiger partial charge >= 0.3 is 0 Å². The number of ketones is 3. The molecule has 0 aliphatic heterocycles. The van der Waals surface area contributed by atoms with Gasteiger partial charge in [0, 0.05) is 17.1 Å². The van der Waals surface area contributed by atoms with Gasteiger partial charge in [-0.25, -0.2) is 0 Å².